The molecule has 0 unspecified atom stereocenters. The number of nitrogens with one attached hydrogen (secondary N) is 2. The molecular formula is C18H22N4O. The van der Waals surface area contributed by atoms with Gasteiger partial charge in [0, 0.05) is 22.8 Å². The number of hydrogen-bond acceptors (Lipinski definition) is 3. The fourth-order valence-electron chi connectivity index (χ4n) is 2.79. The largest absolute Gasteiger partial charge is 0.353 e. The number of fused-ring (bicyclic) bond motifs is 3. The molecule has 1 amide bonds. The number of rotatable bonds is 7. The fraction of sp³-hybridized carbons (Fsp3) is 0.333. The molecule has 0 saturated heterocycles. The van der Waals surface area contributed by atoms with Crippen LogP contribution >= 0.6 is 0 Å². The molecule has 2 aromatic heterocycles. The highest BCUT2D eigenvalue weighted by atomic mass is 16.1. The number of carbonyl (C=O) groups is 1. The molecule has 2 heterocycles. The number of nitrogens with two attached hydrogens (primary N) is 1. The number of unbranched alkanes of at least 4 members (excludes halogenated alkanes) is 3. The van der Waals surface area contributed by atoms with Crippen LogP contribution in [-0.4, -0.2) is 29.0 Å². The molecule has 3 aromatic rings. The summed E-state index contributed by atoms with van der Waals surface area (Å²) in [6.07, 6.45) is 5.96. The molecule has 120 valence electrons. The Morgan fingerprint density at radius 1 is 1.09 bits per heavy atom. The fourth-order valence-corrected chi connectivity index (χ4v) is 2.79. The average Bonchev–Trinajstić information content (AvgIpc) is 2.95. The molecular weight excluding hydrogens is 288 g/mol. The lowest BCUT2D eigenvalue weighted by molar-refractivity contribution is 0.0948. The quantitative estimate of drug-likeness (QED) is 0.587. The second-order valence-corrected chi connectivity index (χ2v) is 5.74. The molecule has 23 heavy (non-hydrogen) atoms. The molecule has 5 nitrogen and oxygen atoms in total. The van der Waals surface area contributed by atoms with Crippen LogP contribution in [0.2, 0.25) is 0 Å². The summed E-state index contributed by atoms with van der Waals surface area (Å²) in [6.45, 7) is 1.41. The first-order valence-electron chi connectivity index (χ1n) is 8.14. The van der Waals surface area contributed by atoms with Gasteiger partial charge in [-0.05, 0) is 31.5 Å². The zero-order chi connectivity index (χ0) is 16.1. The molecule has 0 spiro atoms. The van der Waals surface area contributed by atoms with E-state index in [0.717, 1.165) is 54.0 Å². The maximum atomic E-state index is 12.2. The maximum Gasteiger partial charge on any atom is 0.269 e. The highest BCUT2D eigenvalue weighted by Gasteiger charge is 2.10. The van der Waals surface area contributed by atoms with Crippen molar-refractivity contribution >= 4 is 27.7 Å². The number of carbonyl (C=O) groups excluding carboxylic acids is 1. The van der Waals surface area contributed by atoms with E-state index in [1.165, 1.54) is 0 Å². The van der Waals surface area contributed by atoms with Gasteiger partial charge in [-0.25, -0.2) is 4.98 Å². The van der Waals surface area contributed by atoms with Crippen LogP contribution in [0.15, 0.2) is 36.5 Å². The summed E-state index contributed by atoms with van der Waals surface area (Å²) in [5, 5.41) is 5.08. The predicted octanol–water partition coefficient (Wildman–Crippen LogP) is 2.97. The molecule has 0 aliphatic rings. The number of H-pyrrole nitrogens is 1. The lowest BCUT2D eigenvalue weighted by Crippen LogP contribution is -2.25. The Labute approximate surface area is 135 Å². The number of benzene rings is 1. The van der Waals surface area contributed by atoms with Crippen molar-refractivity contribution in [2.24, 2.45) is 5.73 Å². The first-order chi connectivity index (χ1) is 11.3. The van der Waals surface area contributed by atoms with Gasteiger partial charge in [-0.3, -0.25) is 4.79 Å². The molecule has 4 N–H and O–H groups in total. The van der Waals surface area contributed by atoms with E-state index in [4.69, 9.17) is 5.73 Å². The van der Waals surface area contributed by atoms with Gasteiger partial charge in [0.25, 0.3) is 5.91 Å². The van der Waals surface area contributed by atoms with Gasteiger partial charge in [0.05, 0.1) is 11.7 Å². The maximum absolute atomic E-state index is 12.2. The molecule has 5 heteroatoms. The second kappa shape index (κ2) is 7.24. The minimum absolute atomic E-state index is 0.115. The first-order valence-corrected chi connectivity index (χ1v) is 8.14. The molecule has 0 aliphatic heterocycles. The van der Waals surface area contributed by atoms with Crippen molar-refractivity contribution in [3.63, 3.8) is 0 Å². The summed E-state index contributed by atoms with van der Waals surface area (Å²) in [5.41, 5.74) is 7.93. The second-order valence-electron chi connectivity index (χ2n) is 5.74. The van der Waals surface area contributed by atoms with E-state index in [2.05, 4.69) is 15.3 Å². The van der Waals surface area contributed by atoms with Gasteiger partial charge in [0.1, 0.15) is 5.69 Å². The minimum atomic E-state index is -0.115. The van der Waals surface area contributed by atoms with Crippen LogP contribution in [0.1, 0.15) is 36.2 Å². The van der Waals surface area contributed by atoms with Gasteiger partial charge in [-0.2, -0.15) is 0 Å². The van der Waals surface area contributed by atoms with Crippen LogP contribution in [0, 0.1) is 0 Å². The lowest BCUT2D eigenvalue weighted by atomic mass is 10.1. The van der Waals surface area contributed by atoms with Crippen molar-refractivity contribution in [1.29, 1.82) is 0 Å². The standard InChI is InChI=1S/C18H22N4O/c19-9-5-1-2-6-10-20-18(23)16-11-14-13-7-3-4-8-15(13)22-17(14)12-21-16/h3-4,7-8,11-12,22H,1-2,5-6,9-10,19H2,(H,20,23). The van der Waals surface area contributed by atoms with Gasteiger partial charge < -0.3 is 16.0 Å². The van der Waals surface area contributed by atoms with Crippen LogP contribution in [0.25, 0.3) is 21.8 Å². The summed E-state index contributed by atoms with van der Waals surface area (Å²) in [5.74, 6) is -0.115. The number of pyridine rings is 1. The zero-order valence-electron chi connectivity index (χ0n) is 13.1. The molecule has 0 aliphatic carbocycles. The van der Waals surface area contributed by atoms with E-state index in [0.29, 0.717) is 12.2 Å². The number of hydrogen-bond donors (Lipinski definition) is 3. The predicted molar refractivity (Wildman–Crippen MR) is 93.5 cm³/mol. The van der Waals surface area contributed by atoms with Crippen LogP contribution in [0.3, 0.4) is 0 Å². The van der Waals surface area contributed by atoms with E-state index in [-0.39, 0.29) is 5.91 Å². The van der Waals surface area contributed by atoms with E-state index < -0.39 is 0 Å². The number of nitrogens with zero attached hydrogens (tertiary/aromatic N) is 1. The monoisotopic (exact) mass is 310 g/mol. The number of aromatic amines is 1. The van der Waals surface area contributed by atoms with Crippen molar-refractivity contribution in [2.75, 3.05) is 13.1 Å². The SMILES string of the molecule is NCCCCCCNC(=O)c1cc2c(cn1)[nH]c1ccccc12. The topological polar surface area (TPSA) is 83.8 Å². The molecule has 0 saturated carbocycles. The van der Waals surface area contributed by atoms with Gasteiger partial charge >= 0.3 is 0 Å². The smallest absolute Gasteiger partial charge is 0.269 e. The summed E-state index contributed by atoms with van der Waals surface area (Å²) in [7, 11) is 0. The Kier molecular flexibility index (Phi) is 4.88. The summed E-state index contributed by atoms with van der Waals surface area (Å²) < 4.78 is 0. The molecule has 0 atom stereocenters. The van der Waals surface area contributed by atoms with E-state index in [9.17, 15) is 4.79 Å². The number of aromatic nitrogens is 2. The van der Waals surface area contributed by atoms with Crippen LogP contribution < -0.4 is 11.1 Å². The van der Waals surface area contributed by atoms with Gasteiger partial charge in [0.15, 0.2) is 0 Å². The highest BCUT2D eigenvalue weighted by Crippen LogP contribution is 2.24. The third-order valence-corrected chi connectivity index (χ3v) is 4.04. The average molecular weight is 310 g/mol. The van der Waals surface area contributed by atoms with Gasteiger partial charge in [-0.1, -0.05) is 31.0 Å². The van der Waals surface area contributed by atoms with Crippen LogP contribution in [-0.2, 0) is 0 Å². The van der Waals surface area contributed by atoms with Gasteiger partial charge in [0.2, 0.25) is 0 Å². The Bertz CT molecular complexity index is 809. The van der Waals surface area contributed by atoms with E-state index in [1.54, 1.807) is 6.20 Å². The zero-order valence-corrected chi connectivity index (χ0v) is 13.1. The summed E-state index contributed by atoms with van der Waals surface area (Å²) >= 11 is 0. The lowest BCUT2D eigenvalue weighted by Gasteiger charge is -2.05. The van der Waals surface area contributed by atoms with Crippen LogP contribution in [0.5, 0.6) is 0 Å². The van der Waals surface area contributed by atoms with Crippen molar-refractivity contribution in [3.05, 3.63) is 42.2 Å². The minimum Gasteiger partial charge on any atom is -0.353 e. The third kappa shape index (κ3) is 3.51. The van der Waals surface area contributed by atoms with E-state index in [1.807, 2.05) is 30.3 Å². The van der Waals surface area contributed by atoms with Crippen molar-refractivity contribution in [1.82, 2.24) is 15.3 Å². The third-order valence-electron chi connectivity index (χ3n) is 4.04. The number of amides is 1. The van der Waals surface area contributed by atoms with Crippen molar-refractivity contribution < 1.29 is 4.79 Å². The van der Waals surface area contributed by atoms with E-state index >= 15 is 0 Å². The summed E-state index contributed by atoms with van der Waals surface area (Å²) in [4.78, 5) is 19.8. The Morgan fingerprint density at radius 2 is 1.91 bits per heavy atom. The molecule has 0 fully saturated rings. The highest BCUT2D eigenvalue weighted by molar-refractivity contribution is 6.09. The summed E-state index contributed by atoms with van der Waals surface area (Å²) in [6, 6.07) is 9.92. The molecule has 1 aromatic carbocycles. The first kappa shape index (κ1) is 15.5. The van der Waals surface area contributed by atoms with Gasteiger partial charge in [-0.15, -0.1) is 0 Å². The van der Waals surface area contributed by atoms with Crippen molar-refractivity contribution in [2.45, 2.75) is 25.7 Å². The Hall–Kier alpha value is -2.40. The molecule has 0 radical (unpaired) electrons. The van der Waals surface area contributed by atoms with Crippen LogP contribution in [0.4, 0.5) is 0 Å². The van der Waals surface area contributed by atoms with Crippen molar-refractivity contribution in [3.8, 4) is 0 Å². The normalized spacial score (nSPS) is 11.2. The molecule has 3 rings (SSSR count). The Morgan fingerprint density at radius 3 is 2.78 bits per heavy atom. The number of para-hydroxylation sites is 1. The molecule has 0 bridgehead atoms. The Balaban J connectivity index is 1.67.